The van der Waals surface area contributed by atoms with Crippen molar-refractivity contribution in [1.29, 1.82) is 0 Å². The summed E-state index contributed by atoms with van der Waals surface area (Å²) in [5, 5.41) is 3.74. The number of fused-ring (bicyclic) bond motifs is 1. The van der Waals surface area contributed by atoms with Gasteiger partial charge < -0.3 is 10.1 Å². The van der Waals surface area contributed by atoms with Gasteiger partial charge in [0.25, 0.3) is 0 Å². The third-order valence-electron chi connectivity index (χ3n) is 3.30. The Morgan fingerprint density at radius 1 is 1.17 bits per heavy atom. The number of nitrogens with zero attached hydrogens (tertiary/aromatic N) is 1. The standard InChI is InChI=1S/C18H18N2O2S/c1-12-7-13(2)9-14(8-12)19-17(21)10-22-11-18-20-15-5-3-4-6-16(15)23-18/h3-9H,10-11H2,1-2H3,(H,19,21). The molecule has 0 radical (unpaired) electrons. The van der Waals surface area contributed by atoms with Crippen molar-refractivity contribution in [1.82, 2.24) is 4.98 Å². The van der Waals surface area contributed by atoms with Gasteiger partial charge in [-0.2, -0.15) is 0 Å². The van der Waals surface area contributed by atoms with Crippen LogP contribution < -0.4 is 5.32 Å². The Bertz CT molecular complexity index is 789. The molecule has 0 saturated heterocycles. The molecule has 23 heavy (non-hydrogen) atoms. The number of hydrogen-bond donors (Lipinski definition) is 1. The van der Waals surface area contributed by atoms with Crippen molar-refractivity contribution in [2.24, 2.45) is 0 Å². The van der Waals surface area contributed by atoms with E-state index in [4.69, 9.17) is 4.74 Å². The van der Waals surface area contributed by atoms with E-state index in [1.807, 2.05) is 50.2 Å². The lowest BCUT2D eigenvalue weighted by Gasteiger charge is -2.07. The zero-order valence-electron chi connectivity index (χ0n) is 13.1. The van der Waals surface area contributed by atoms with Crippen LogP contribution in [0.15, 0.2) is 42.5 Å². The van der Waals surface area contributed by atoms with Gasteiger partial charge >= 0.3 is 0 Å². The maximum Gasteiger partial charge on any atom is 0.250 e. The van der Waals surface area contributed by atoms with E-state index >= 15 is 0 Å². The lowest BCUT2D eigenvalue weighted by molar-refractivity contribution is -0.121. The molecule has 118 valence electrons. The first-order chi connectivity index (χ1) is 11.1. The lowest BCUT2D eigenvalue weighted by Crippen LogP contribution is -2.18. The zero-order valence-corrected chi connectivity index (χ0v) is 13.9. The average Bonchev–Trinajstić information content (AvgIpc) is 2.88. The van der Waals surface area contributed by atoms with E-state index in [0.717, 1.165) is 32.0 Å². The molecule has 4 nitrogen and oxygen atoms in total. The van der Waals surface area contributed by atoms with E-state index in [2.05, 4.69) is 16.4 Å². The first-order valence-electron chi connectivity index (χ1n) is 7.40. The van der Waals surface area contributed by atoms with Crippen molar-refractivity contribution >= 4 is 33.1 Å². The van der Waals surface area contributed by atoms with E-state index in [1.54, 1.807) is 11.3 Å². The highest BCUT2D eigenvalue weighted by Gasteiger charge is 2.06. The van der Waals surface area contributed by atoms with Crippen LogP contribution in [-0.4, -0.2) is 17.5 Å². The molecule has 1 aromatic heterocycles. The summed E-state index contributed by atoms with van der Waals surface area (Å²) in [5.74, 6) is -0.156. The Morgan fingerprint density at radius 3 is 2.65 bits per heavy atom. The van der Waals surface area contributed by atoms with Crippen molar-refractivity contribution in [3.8, 4) is 0 Å². The van der Waals surface area contributed by atoms with Crippen LogP contribution in [-0.2, 0) is 16.1 Å². The molecule has 0 aliphatic rings. The van der Waals surface area contributed by atoms with Crippen LogP contribution in [0, 0.1) is 13.8 Å². The summed E-state index contributed by atoms with van der Waals surface area (Å²) in [7, 11) is 0. The fourth-order valence-electron chi connectivity index (χ4n) is 2.46. The SMILES string of the molecule is Cc1cc(C)cc(NC(=O)COCc2nc3ccccc3s2)c1. The summed E-state index contributed by atoms with van der Waals surface area (Å²) in [6.07, 6.45) is 0. The van der Waals surface area contributed by atoms with Crippen LogP contribution in [0.1, 0.15) is 16.1 Å². The molecular weight excluding hydrogens is 308 g/mol. The third kappa shape index (κ3) is 4.15. The van der Waals surface area contributed by atoms with Crippen LogP contribution in [0.2, 0.25) is 0 Å². The molecule has 0 fully saturated rings. The second kappa shape index (κ2) is 6.89. The van der Waals surface area contributed by atoms with Gasteiger partial charge in [0, 0.05) is 5.69 Å². The number of anilines is 1. The van der Waals surface area contributed by atoms with Gasteiger partial charge in [-0.1, -0.05) is 18.2 Å². The number of carbonyl (C=O) groups excluding carboxylic acids is 1. The highest BCUT2D eigenvalue weighted by molar-refractivity contribution is 7.18. The van der Waals surface area contributed by atoms with Crippen molar-refractivity contribution in [3.05, 3.63) is 58.6 Å². The molecule has 5 heteroatoms. The van der Waals surface area contributed by atoms with Gasteiger partial charge in [-0.25, -0.2) is 4.98 Å². The number of para-hydroxylation sites is 1. The van der Waals surface area contributed by atoms with Crippen molar-refractivity contribution in [2.75, 3.05) is 11.9 Å². The number of aryl methyl sites for hydroxylation is 2. The third-order valence-corrected chi connectivity index (χ3v) is 4.31. The second-order valence-electron chi connectivity index (χ2n) is 5.49. The monoisotopic (exact) mass is 326 g/mol. The van der Waals surface area contributed by atoms with Gasteiger partial charge in [-0.15, -0.1) is 11.3 Å². The molecule has 2 aromatic carbocycles. The van der Waals surface area contributed by atoms with Crippen LogP contribution in [0.5, 0.6) is 0 Å². The van der Waals surface area contributed by atoms with Gasteiger partial charge in [0.05, 0.1) is 16.8 Å². The van der Waals surface area contributed by atoms with E-state index < -0.39 is 0 Å². The lowest BCUT2D eigenvalue weighted by atomic mass is 10.1. The van der Waals surface area contributed by atoms with Crippen molar-refractivity contribution < 1.29 is 9.53 Å². The summed E-state index contributed by atoms with van der Waals surface area (Å²) >= 11 is 1.59. The van der Waals surface area contributed by atoms with Crippen LogP contribution in [0.4, 0.5) is 5.69 Å². The van der Waals surface area contributed by atoms with E-state index in [-0.39, 0.29) is 12.5 Å². The first-order valence-corrected chi connectivity index (χ1v) is 8.22. The number of carbonyl (C=O) groups is 1. The molecule has 3 rings (SSSR count). The average molecular weight is 326 g/mol. The predicted molar refractivity (Wildman–Crippen MR) is 93.8 cm³/mol. The smallest absolute Gasteiger partial charge is 0.250 e. The predicted octanol–water partition coefficient (Wildman–Crippen LogP) is 4.07. The molecule has 0 bridgehead atoms. The molecule has 1 amide bonds. The number of ether oxygens (including phenoxy) is 1. The summed E-state index contributed by atoms with van der Waals surface area (Å²) < 4.78 is 6.61. The minimum atomic E-state index is -0.156. The summed E-state index contributed by atoms with van der Waals surface area (Å²) in [4.78, 5) is 16.4. The van der Waals surface area contributed by atoms with Gasteiger partial charge in [0.1, 0.15) is 11.6 Å². The molecule has 0 aliphatic carbocycles. The Kier molecular flexibility index (Phi) is 4.69. The number of amides is 1. The fourth-order valence-corrected chi connectivity index (χ4v) is 3.36. The highest BCUT2D eigenvalue weighted by Crippen LogP contribution is 2.22. The number of thiazole rings is 1. The molecule has 1 heterocycles. The van der Waals surface area contributed by atoms with E-state index in [1.165, 1.54) is 0 Å². The second-order valence-corrected chi connectivity index (χ2v) is 6.61. The van der Waals surface area contributed by atoms with Gasteiger partial charge in [-0.3, -0.25) is 4.79 Å². The fraction of sp³-hybridized carbons (Fsp3) is 0.222. The molecule has 1 N–H and O–H groups in total. The molecule has 3 aromatic rings. The number of aromatic nitrogens is 1. The zero-order chi connectivity index (χ0) is 16.2. The summed E-state index contributed by atoms with van der Waals surface area (Å²) in [5.41, 5.74) is 4.01. The minimum absolute atomic E-state index is 0.0168. The molecule has 0 saturated carbocycles. The Hall–Kier alpha value is -2.24. The quantitative estimate of drug-likeness (QED) is 0.769. The molecular formula is C18H18N2O2S. The normalized spacial score (nSPS) is 10.9. The molecule has 0 aliphatic heterocycles. The van der Waals surface area contributed by atoms with Gasteiger partial charge in [0.2, 0.25) is 5.91 Å². The molecule has 0 atom stereocenters. The van der Waals surface area contributed by atoms with Gasteiger partial charge in [-0.05, 0) is 49.2 Å². The van der Waals surface area contributed by atoms with Crippen LogP contribution >= 0.6 is 11.3 Å². The maximum absolute atomic E-state index is 11.9. The Labute approximate surface area is 139 Å². The maximum atomic E-state index is 11.9. The number of benzene rings is 2. The van der Waals surface area contributed by atoms with E-state index in [9.17, 15) is 4.79 Å². The minimum Gasteiger partial charge on any atom is -0.364 e. The topological polar surface area (TPSA) is 51.2 Å². The van der Waals surface area contributed by atoms with Crippen LogP contribution in [0.3, 0.4) is 0 Å². The number of hydrogen-bond acceptors (Lipinski definition) is 4. The Morgan fingerprint density at radius 2 is 1.91 bits per heavy atom. The number of nitrogens with one attached hydrogen (secondary N) is 1. The summed E-state index contributed by atoms with van der Waals surface area (Å²) in [6.45, 7) is 4.38. The molecule has 0 spiro atoms. The highest BCUT2D eigenvalue weighted by atomic mass is 32.1. The van der Waals surface area contributed by atoms with Gasteiger partial charge in [0.15, 0.2) is 0 Å². The first kappa shape index (κ1) is 15.6. The number of rotatable bonds is 5. The van der Waals surface area contributed by atoms with E-state index in [0.29, 0.717) is 6.61 Å². The largest absolute Gasteiger partial charge is 0.364 e. The summed E-state index contributed by atoms with van der Waals surface area (Å²) in [6, 6.07) is 13.9. The Balaban J connectivity index is 1.52. The van der Waals surface area contributed by atoms with Crippen molar-refractivity contribution in [2.45, 2.75) is 20.5 Å². The van der Waals surface area contributed by atoms with Crippen LogP contribution in [0.25, 0.3) is 10.2 Å². The molecule has 0 unspecified atom stereocenters. The van der Waals surface area contributed by atoms with Crippen molar-refractivity contribution in [3.63, 3.8) is 0 Å².